The Kier molecular flexibility index (Phi) is 2.52. The fourth-order valence-electron chi connectivity index (χ4n) is 4.51. The van der Waals surface area contributed by atoms with Crippen LogP contribution in [-0.2, 0) is 14.3 Å². The molecule has 108 valence electrons. The summed E-state index contributed by atoms with van der Waals surface area (Å²) >= 11 is 0. The molecule has 1 amide bonds. The second kappa shape index (κ2) is 4.07. The zero-order valence-electron chi connectivity index (χ0n) is 11.3. The highest BCUT2D eigenvalue weighted by molar-refractivity contribution is 5.91. The zero-order valence-corrected chi connectivity index (χ0v) is 11.3. The van der Waals surface area contributed by atoms with Gasteiger partial charge in [0, 0.05) is 6.04 Å². The number of carbonyl (C=O) groups is 2. The van der Waals surface area contributed by atoms with Crippen molar-refractivity contribution in [1.29, 1.82) is 0 Å². The number of nitrogens with zero attached hydrogens (tertiary/aromatic N) is 1. The molecule has 4 atom stereocenters. The minimum atomic E-state index is -0.912. The molecule has 0 aromatic heterocycles. The third-order valence-electron chi connectivity index (χ3n) is 5.43. The van der Waals surface area contributed by atoms with E-state index >= 15 is 0 Å². The number of likely N-dealkylation sites (tertiary alicyclic amines) is 1. The molecule has 0 unspecified atom stereocenters. The van der Waals surface area contributed by atoms with E-state index in [1.807, 2.05) is 17.1 Å². The van der Waals surface area contributed by atoms with Crippen molar-refractivity contribution < 1.29 is 19.4 Å². The minimum Gasteiger partial charge on any atom is -0.481 e. The van der Waals surface area contributed by atoms with E-state index in [4.69, 9.17) is 4.74 Å². The van der Waals surface area contributed by atoms with Gasteiger partial charge in [-0.05, 0) is 12.8 Å². The Morgan fingerprint density at radius 1 is 1.35 bits per heavy atom. The molecule has 2 bridgehead atoms. The molecule has 3 aliphatic heterocycles. The van der Waals surface area contributed by atoms with Crippen molar-refractivity contribution in [3.05, 3.63) is 12.2 Å². The van der Waals surface area contributed by atoms with Gasteiger partial charge >= 0.3 is 5.97 Å². The molecular weight excluding hydrogens is 258 g/mol. The van der Waals surface area contributed by atoms with Gasteiger partial charge in [0.1, 0.15) is 11.5 Å². The lowest BCUT2D eigenvalue weighted by molar-refractivity contribution is -0.148. The molecular formula is C15H19NO4. The monoisotopic (exact) mass is 277 g/mol. The van der Waals surface area contributed by atoms with Crippen LogP contribution in [0.15, 0.2) is 12.2 Å². The summed E-state index contributed by atoms with van der Waals surface area (Å²) in [4.78, 5) is 26.1. The van der Waals surface area contributed by atoms with Gasteiger partial charge in [-0.25, -0.2) is 0 Å². The summed E-state index contributed by atoms with van der Waals surface area (Å²) in [7, 11) is 0. The number of aliphatic carboxylic acids is 1. The lowest BCUT2D eigenvalue weighted by atomic mass is 9.77. The van der Waals surface area contributed by atoms with Gasteiger partial charge in [-0.1, -0.05) is 31.4 Å². The first-order valence-corrected chi connectivity index (χ1v) is 7.53. The molecule has 2 saturated heterocycles. The quantitative estimate of drug-likeness (QED) is 0.770. The van der Waals surface area contributed by atoms with E-state index in [1.165, 1.54) is 6.42 Å². The van der Waals surface area contributed by atoms with E-state index in [0.29, 0.717) is 6.54 Å². The molecule has 1 aliphatic carbocycles. The van der Waals surface area contributed by atoms with Crippen LogP contribution in [0.1, 0.15) is 32.1 Å². The normalized spacial score (nSPS) is 43.3. The molecule has 5 heteroatoms. The molecule has 20 heavy (non-hydrogen) atoms. The Morgan fingerprint density at radius 2 is 2.10 bits per heavy atom. The van der Waals surface area contributed by atoms with Crippen LogP contribution in [0.3, 0.4) is 0 Å². The third kappa shape index (κ3) is 1.47. The summed E-state index contributed by atoms with van der Waals surface area (Å²) in [6, 6.07) is 0.279. The number of ether oxygens (including phenoxy) is 1. The summed E-state index contributed by atoms with van der Waals surface area (Å²) < 4.78 is 5.89. The van der Waals surface area contributed by atoms with E-state index in [2.05, 4.69) is 0 Å². The highest BCUT2D eigenvalue weighted by Crippen LogP contribution is 2.52. The Labute approximate surface area is 117 Å². The Bertz CT molecular complexity index is 496. The molecule has 1 N–H and O–H groups in total. The summed E-state index contributed by atoms with van der Waals surface area (Å²) in [5.74, 6) is -2.14. The largest absolute Gasteiger partial charge is 0.481 e. The Balaban J connectivity index is 1.65. The number of carboxylic acids is 1. The Morgan fingerprint density at radius 3 is 2.80 bits per heavy atom. The topological polar surface area (TPSA) is 66.8 Å². The third-order valence-corrected chi connectivity index (χ3v) is 5.43. The Hall–Kier alpha value is -1.36. The molecule has 3 fully saturated rings. The molecule has 0 aromatic carbocycles. The molecule has 4 rings (SSSR count). The van der Waals surface area contributed by atoms with E-state index in [9.17, 15) is 14.7 Å². The number of fused-ring (bicyclic) bond motifs is 1. The van der Waals surface area contributed by atoms with Crippen LogP contribution in [0.25, 0.3) is 0 Å². The number of amides is 1. The maximum Gasteiger partial charge on any atom is 0.310 e. The van der Waals surface area contributed by atoms with Crippen LogP contribution in [0.4, 0.5) is 0 Å². The number of hydrogen-bond donors (Lipinski definition) is 1. The fraction of sp³-hybridized carbons (Fsp3) is 0.733. The van der Waals surface area contributed by atoms with Gasteiger partial charge < -0.3 is 14.7 Å². The van der Waals surface area contributed by atoms with Crippen LogP contribution >= 0.6 is 0 Å². The van der Waals surface area contributed by atoms with Crippen molar-refractivity contribution in [1.82, 2.24) is 4.90 Å². The molecule has 5 nitrogen and oxygen atoms in total. The minimum absolute atomic E-state index is 0.00356. The number of rotatable bonds is 2. The highest BCUT2D eigenvalue weighted by atomic mass is 16.5. The van der Waals surface area contributed by atoms with Crippen molar-refractivity contribution in [2.45, 2.75) is 49.9 Å². The predicted molar refractivity (Wildman–Crippen MR) is 69.9 cm³/mol. The summed E-state index contributed by atoms with van der Waals surface area (Å²) in [6.45, 7) is 0.540. The van der Waals surface area contributed by atoms with Gasteiger partial charge in [0.25, 0.3) is 0 Å². The predicted octanol–water partition coefficient (Wildman–Crippen LogP) is 1.19. The van der Waals surface area contributed by atoms with Crippen molar-refractivity contribution in [3.63, 3.8) is 0 Å². The van der Waals surface area contributed by atoms with Crippen LogP contribution in [0.2, 0.25) is 0 Å². The van der Waals surface area contributed by atoms with Gasteiger partial charge in [-0.15, -0.1) is 0 Å². The summed E-state index contributed by atoms with van der Waals surface area (Å²) in [5.41, 5.74) is -0.664. The number of hydrogen-bond acceptors (Lipinski definition) is 3. The van der Waals surface area contributed by atoms with E-state index < -0.39 is 29.5 Å². The lowest BCUT2D eigenvalue weighted by Gasteiger charge is -2.32. The van der Waals surface area contributed by atoms with Gasteiger partial charge in [0.05, 0.1) is 18.6 Å². The van der Waals surface area contributed by atoms with Crippen molar-refractivity contribution >= 4 is 11.9 Å². The van der Waals surface area contributed by atoms with Gasteiger partial charge in [-0.3, -0.25) is 9.59 Å². The van der Waals surface area contributed by atoms with Crippen molar-refractivity contribution in [2.75, 3.05) is 6.54 Å². The molecule has 0 aromatic rings. The molecule has 1 spiro atoms. The van der Waals surface area contributed by atoms with Crippen molar-refractivity contribution in [2.24, 2.45) is 11.8 Å². The first-order valence-electron chi connectivity index (χ1n) is 7.53. The average Bonchev–Trinajstić information content (AvgIpc) is 3.08. The second-order valence-electron chi connectivity index (χ2n) is 6.50. The first kappa shape index (κ1) is 12.4. The zero-order chi connectivity index (χ0) is 13.9. The van der Waals surface area contributed by atoms with E-state index in [0.717, 1.165) is 25.7 Å². The SMILES string of the molecule is O=C(O)[C@@H]1[C@@H]2C=C[C@@]3(CN(C4CCCCC4)C(=O)[C@@H]13)O2. The van der Waals surface area contributed by atoms with Crippen LogP contribution in [0, 0.1) is 11.8 Å². The van der Waals surface area contributed by atoms with Gasteiger partial charge in [0.2, 0.25) is 5.91 Å². The lowest BCUT2D eigenvalue weighted by Crippen LogP contribution is -2.42. The molecule has 1 saturated carbocycles. The van der Waals surface area contributed by atoms with E-state index in [1.54, 1.807) is 0 Å². The first-order chi connectivity index (χ1) is 9.62. The maximum atomic E-state index is 12.7. The van der Waals surface area contributed by atoms with Crippen molar-refractivity contribution in [3.8, 4) is 0 Å². The number of carbonyl (C=O) groups excluding carboxylic acids is 1. The standard InChI is InChI=1S/C15H19NO4/c17-13-12-11(14(18)19)10-6-7-15(12,20-10)8-16(13)9-4-2-1-3-5-9/h6-7,9-12H,1-5,8H2,(H,18,19)/t10-,11+,12+,15-/m0/s1. The highest BCUT2D eigenvalue weighted by Gasteiger charge is 2.67. The van der Waals surface area contributed by atoms with Crippen LogP contribution in [0.5, 0.6) is 0 Å². The molecule has 4 aliphatic rings. The van der Waals surface area contributed by atoms with Gasteiger partial charge in [-0.2, -0.15) is 0 Å². The van der Waals surface area contributed by atoms with E-state index in [-0.39, 0.29) is 11.9 Å². The maximum absolute atomic E-state index is 12.7. The second-order valence-corrected chi connectivity index (χ2v) is 6.50. The van der Waals surface area contributed by atoms with Crippen LogP contribution < -0.4 is 0 Å². The average molecular weight is 277 g/mol. The number of carboxylic acid groups (broad SMARTS) is 1. The fourth-order valence-corrected chi connectivity index (χ4v) is 4.51. The molecule has 3 heterocycles. The van der Waals surface area contributed by atoms with Crippen LogP contribution in [-0.4, -0.2) is 46.2 Å². The smallest absolute Gasteiger partial charge is 0.310 e. The molecule has 0 radical (unpaired) electrons. The van der Waals surface area contributed by atoms with Gasteiger partial charge in [0.15, 0.2) is 0 Å². The summed E-state index contributed by atoms with van der Waals surface area (Å²) in [5, 5.41) is 9.41. The summed E-state index contributed by atoms with van der Waals surface area (Å²) in [6.07, 6.45) is 8.98.